The summed E-state index contributed by atoms with van der Waals surface area (Å²) >= 11 is 1.94. The molecule has 0 nitrogen and oxygen atoms in total. The standard InChI is InChI=1S/C14H18S/c1-10-6-5-7-13-12(10)8-11(15-13)9-14(2,3)4/h5-8H,9H2,1-4H3. The van der Waals surface area contributed by atoms with Gasteiger partial charge in [-0.3, -0.25) is 0 Å². The lowest BCUT2D eigenvalue weighted by atomic mass is 9.91. The highest BCUT2D eigenvalue weighted by molar-refractivity contribution is 7.19. The van der Waals surface area contributed by atoms with Crippen molar-refractivity contribution < 1.29 is 0 Å². The van der Waals surface area contributed by atoms with E-state index in [1.807, 2.05) is 11.3 Å². The van der Waals surface area contributed by atoms with Crippen molar-refractivity contribution >= 4 is 21.4 Å². The van der Waals surface area contributed by atoms with Crippen molar-refractivity contribution in [2.24, 2.45) is 5.41 Å². The number of hydrogen-bond donors (Lipinski definition) is 0. The first-order valence-corrected chi connectivity index (χ1v) is 6.25. The molecule has 1 aromatic carbocycles. The number of fused-ring (bicyclic) bond motifs is 1. The van der Waals surface area contributed by atoms with Gasteiger partial charge in [-0.1, -0.05) is 32.9 Å². The van der Waals surface area contributed by atoms with Gasteiger partial charge in [0.05, 0.1) is 0 Å². The summed E-state index contributed by atoms with van der Waals surface area (Å²) in [6.45, 7) is 9.08. The zero-order valence-electron chi connectivity index (χ0n) is 9.92. The van der Waals surface area contributed by atoms with Gasteiger partial charge in [-0.2, -0.15) is 0 Å². The predicted octanol–water partition coefficient (Wildman–Crippen LogP) is 4.80. The Morgan fingerprint density at radius 1 is 1.20 bits per heavy atom. The maximum absolute atomic E-state index is 2.36. The van der Waals surface area contributed by atoms with Crippen LogP contribution in [0, 0.1) is 12.3 Å². The van der Waals surface area contributed by atoms with Crippen LogP contribution in [-0.4, -0.2) is 0 Å². The van der Waals surface area contributed by atoms with Crippen LogP contribution >= 0.6 is 11.3 Å². The minimum Gasteiger partial charge on any atom is -0.140 e. The lowest BCUT2D eigenvalue weighted by molar-refractivity contribution is 0.415. The smallest absolute Gasteiger partial charge is 0.0348 e. The first-order chi connectivity index (χ1) is 6.96. The molecule has 0 N–H and O–H groups in total. The quantitative estimate of drug-likeness (QED) is 0.645. The molecule has 0 aliphatic heterocycles. The topological polar surface area (TPSA) is 0 Å². The molecule has 0 aliphatic carbocycles. The number of benzene rings is 1. The van der Waals surface area contributed by atoms with E-state index in [1.54, 1.807) is 0 Å². The number of rotatable bonds is 1. The Kier molecular flexibility index (Phi) is 2.59. The highest BCUT2D eigenvalue weighted by Gasteiger charge is 2.13. The predicted molar refractivity (Wildman–Crippen MR) is 69.7 cm³/mol. The van der Waals surface area contributed by atoms with Gasteiger partial charge in [0, 0.05) is 9.58 Å². The molecule has 0 aliphatic rings. The maximum atomic E-state index is 2.36. The SMILES string of the molecule is Cc1cccc2sc(CC(C)(C)C)cc12. The fourth-order valence-corrected chi connectivity index (χ4v) is 3.31. The summed E-state index contributed by atoms with van der Waals surface area (Å²) in [6.07, 6.45) is 1.17. The molecule has 1 heterocycles. The summed E-state index contributed by atoms with van der Waals surface area (Å²) in [5, 5.41) is 1.43. The Morgan fingerprint density at radius 2 is 1.93 bits per heavy atom. The van der Waals surface area contributed by atoms with Gasteiger partial charge in [-0.25, -0.2) is 0 Å². The van der Waals surface area contributed by atoms with Crippen LogP contribution in [0.2, 0.25) is 0 Å². The summed E-state index contributed by atoms with van der Waals surface area (Å²) in [7, 11) is 0. The Bertz CT molecular complexity index is 472. The molecule has 0 fully saturated rings. The highest BCUT2D eigenvalue weighted by Crippen LogP contribution is 2.32. The van der Waals surface area contributed by atoms with Gasteiger partial charge >= 0.3 is 0 Å². The molecule has 0 spiro atoms. The molecule has 2 rings (SSSR count). The van der Waals surface area contributed by atoms with E-state index in [0.29, 0.717) is 5.41 Å². The van der Waals surface area contributed by atoms with Crippen LogP contribution in [0.3, 0.4) is 0 Å². The molecule has 0 amide bonds. The number of thiophene rings is 1. The molecular weight excluding hydrogens is 200 g/mol. The number of hydrogen-bond acceptors (Lipinski definition) is 1. The van der Waals surface area contributed by atoms with Crippen LogP contribution < -0.4 is 0 Å². The average molecular weight is 218 g/mol. The zero-order chi connectivity index (χ0) is 11.1. The molecule has 1 aromatic heterocycles. The van der Waals surface area contributed by atoms with E-state index in [9.17, 15) is 0 Å². The molecule has 80 valence electrons. The second-order valence-corrected chi connectivity index (χ2v) is 6.61. The summed E-state index contributed by atoms with van der Waals surface area (Å²) in [5.41, 5.74) is 1.78. The van der Waals surface area contributed by atoms with Crippen LogP contribution in [0.5, 0.6) is 0 Å². The third kappa shape index (κ3) is 2.40. The van der Waals surface area contributed by atoms with Crippen LogP contribution in [0.15, 0.2) is 24.3 Å². The molecule has 0 radical (unpaired) electrons. The monoisotopic (exact) mass is 218 g/mol. The fourth-order valence-electron chi connectivity index (χ4n) is 1.87. The Balaban J connectivity index is 2.44. The van der Waals surface area contributed by atoms with E-state index in [4.69, 9.17) is 0 Å². The largest absolute Gasteiger partial charge is 0.140 e. The zero-order valence-corrected chi connectivity index (χ0v) is 10.7. The third-order valence-electron chi connectivity index (χ3n) is 2.54. The summed E-state index contributed by atoms with van der Waals surface area (Å²) < 4.78 is 1.43. The molecule has 0 saturated carbocycles. The van der Waals surface area contributed by atoms with Gasteiger partial charge in [-0.15, -0.1) is 11.3 Å². The van der Waals surface area contributed by atoms with Gasteiger partial charge in [0.25, 0.3) is 0 Å². The summed E-state index contributed by atoms with van der Waals surface area (Å²) in [5.74, 6) is 0. The fraction of sp³-hybridized carbons (Fsp3) is 0.429. The molecule has 1 heteroatoms. The number of aryl methyl sites for hydroxylation is 1. The molecule has 15 heavy (non-hydrogen) atoms. The first kappa shape index (κ1) is 10.7. The first-order valence-electron chi connectivity index (χ1n) is 5.44. The van der Waals surface area contributed by atoms with E-state index in [0.717, 1.165) is 0 Å². The minimum absolute atomic E-state index is 0.384. The normalized spacial score (nSPS) is 12.3. The second-order valence-electron chi connectivity index (χ2n) is 5.44. The van der Waals surface area contributed by atoms with Crippen molar-refractivity contribution in [3.8, 4) is 0 Å². The van der Waals surface area contributed by atoms with Crippen molar-refractivity contribution in [2.45, 2.75) is 34.1 Å². The van der Waals surface area contributed by atoms with Crippen molar-refractivity contribution in [3.63, 3.8) is 0 Å². The van der Waals surface area contributed by atoms with E-state index < -0.39 is 0 Å². The van der Waals surface area contributed by atoms with E-state index in [-0.39, 0.29) is 0 Å². The molecule has 0 atom stereocenters. The lowest BCUT2D eigenvalue weighted by Crippen LogP contribution is -2.07. The van der Waals surface area contributed by atoms with Gasteiger partial charge in [0.15, 0.2) is 0 Å². The van der Waals surface area contributed by atoms with Crippen molar-refractivity contribution in [1.82, 2.24) is 0 Å². The van der Waals surface area contributed by atoms with Crippen LogP contribution in [0.1, 0.15) is 31.2 Å². The third-order valence-corrected chi connectivity index (χ3v) is 3.64. The van der Waals surface area contributed by atoms with Crippen LogP contribution in [-0.2, 0) is 6.42 Å². The Morgan fingerprint density at radius 3 is 2.53 bits per heavy atom. The van der Waals surface area contributed by atoms with Gasteiger partial charge in [0.2, 0.25) is 0 Å². The molecule has 0 bridgehead atoms. The van der Waals surface area contributed by atoms with Crippen molar-refractivity contribution in [3.05, 3.63) is 34.7 Å². The maximum Gasteiger partial charge on any atom is 0.0348 e. The minimum atomic E-state index is 0.384. The summed E-state index contributed by atoms with van der Waals surface area (Å²) in [6, 6.07) is 8.92. The van der Waals surface area contributed by atoms with Crippen LogP contribution in [0.4, 0.5) is 0 Å². The van der Waals surface area contributed by atoms with Gasteiger partial charge < -0.3 is 0 Å². The van der Waals surface area contributed by atoms with E-state index >= 15 is 0 Å². The van der Waals surface area contributed by atoms with E-state index in [2.05, 4.69) is 52.0 Å². The highest BCUT2D eigenvalue weighted by atomic mass is 32.1. The second kappa shape index (κ2) is 3.64. The van der Waals surface area contributed by atoms with Crippen LogP contribution in [0.25, 0.3) is 10.1 Å². The lowest BCUT2D eigenvalue weighted by Gasteiger charge is -2.16. The average Bonchev–Trinajstić information content (AvgIpc) is 2.45. The van der Waals surface area contributed by atoms with Crippen molar-refractivity contribution in [2.75, 3.05) is 0 Å². The molecule has 2 aromatic rings. The van der Waals surface area contributed by atoms with Gasteiger partial charge in [-0.05, 0) is 41.8 Å². The molecule has 0 saturated heterocycles. The Labute approximate surface area is 95.9 Å². The van der Waals surface area contributed by atoms with Crippen molar-refractivity contribution in [1.29, 1.82) is 0 Å². The Hall–Kier alpha value is -0.820. The van der Waals surface area contributed by atoms with Gasteiger partial charge in [0.1, 0.15) is 0 Å². The summed E-state index contributed by atoms with van der Waals surface area (Å²) in [4.78, 5) is 1.51. The van der Waals surface area contributed by atoms with E-state index in [1.165, 1.54) is 26.9 Å². The molecular formula is C14H18S. The molecule has 0 unspecified atom stereocenters.